The van der Waals surface area contributed by atoms with Gasteiger partial charge >= 0.3 is 7.12 Å². The SMILES string of the molecule is COc1ccc(CN(Cc2ccc(OC)cc2)c2c(F)c(B3OC(C)(C)C(C)(C)O3)cc3nc(N)ncc23)cc1. The van der Waals surface area contributed by atoms with E-state index in [1.54, 1.807) is 26.5 Å². The Morgan fingerprint density at radius 1 is 0.875 bits per heavy atom. The zero-order valence-electron chi connectivity index (χ0n) is 23.7. The summed E-state index contributed by atoms with van der Waals surface area (Å²) in [5.41, 5.74) is 7.72. The second kappa shape index (κ2) is 10.6. The highest BCUT2D eigenvalue weighted by Crippen LogP contribution is 2.38. The molecule has 1 aliphatic heterocycles. The van der Waals surface area contributed by atoms with Crippen LogP contribution < -0.4 is 25.6 Å². The lowest BCUT2D eigenvalue weighted by Gasteiger charge is -2.32. The molecule has 4 aromatic rings. The third-order valence-electron chi connectivity index (χ3n) is 7.73. The van der Waals surface area contributed by atoms with Crippen LogP contribution in [0.15, 0.2) is 60.8 Å². The van der Waals surface area contributed by atoms with Crippen molar-refractivity contribution < 1.29 is 23.2 Å². The van der Waals surface area contributed by atoms with Gasteiger partial charge < -0.3 is 29.4 Å². The predicted octanol–water partition coefficient (Wildman–Crippen LogP) is 4.87. The highest BCUT2D eigenvalue weighted by atomic mass is 19.1. The first-order valence-electron chi connectivity index (χ1n) is 13.1. The maximum absolute atomic E-state index is 16.8. The van der Waals surface area contributed by atoms with Crippen molar-refractivity contribution in [2.45, 2.75) is 52.0 Å². The first-order valence-corrected chi connectivity index (χ1v) is 13.1. The number of fused-ring (bicyclic) bond motifs is 1. The predicted molar refractivity (Wildman–Crippen MR) is 155 cm³/mol. The summed E-state index contributed by atoms with van der Waals surface area (Å²) >= 11 is 0. The number of anilines is 2. The van der Waals surface area contributed by atoms with Gasteiger partial charge in [0, 0.05) is 30.1 Å². The van der Waals surface area contributed by atoms with Crippen molar-refractivity contribution in [1.29, 1.82) is 0 Å². The van der Waals surface area contributed by atoms with Crippen LogP contribution in [0.5, 0.6) is 11.5 Å². The van der Waals surface area contributed by atoms with Crippen molar-refractivity contribution in [3.63, 3.8) is 0 Å². The van der Waals surface area contributed by atoms with Gasteiger partial charge in [-0.15, -0.1) is 0 Å². The molecule has 2 heterocycles. The number of nitrogens with zero attached hydrogens (tertiary/aromatic N) is 3. The standard InChI is InChI=1S/C30H34BFN4O4/c1-29(2)30(3,4)40-31(39-29)24-15-25-23(16-34-28(33)35-25)27(26(24)32)36(17-19-7-11-21(37-5)12-8-19)18-20-9-13-22(38-6)14-10-20/h7-16H,17-18H2,1-6H3,(H2,33,34,35). The van der Waals surface area contributed by atoms with E-state index < -0.39 is 24.1 Å². The Morgan fingerprint density at radius 2 is 1.38 bits per heavy atom. The summed E-state index contributed by atoms with van der Waals surface area (Å²) in [6.07, 6.45) is 1.57. The zero-order valence-corrected chi connectivity index (χ0v) is 23.7. The molecule has 0 radical (unpaired) electrons. The molecule has 2 N–H and O–H groups in total. The van der Waals surface area contributed by atoms with E-state index in [1.165, 1.54) is 0 Å². The maximum Gasteiger partial charge on any atom is 0.498 e. The minimum absolute atomic E-state index is 0.0989. The van der Waals surface area contributed by atoms with Gasteiger partial charge in [0.1, 0.15) is 17.3 Å². The lowest BCUT2D eigenvalue weighted by Crippen LogP contribution is -2.41. The molecule has 1 saturated heterocycles. The molecule has 1 aliphatic rings. The molecule has 0 unspecified atom stereocenters. The largest absolute Gasteiger partial charge is 0.498 e. The molecule has 10 heteroatoms. The van der Waals surface area contributed by atoms with Crippen LogP contribution >= 0.6 is 0 Å². The molecule has 1 aromatic heterocycles. The van der Waals surface area contributed by atoms with Crippen molar-refractivity contribution >= 4 is 35.1 Å². The molecule has 0 atom stereocenters. The maximum atomic E-state index is 16.8. The minimum atomic E-state index is -0.923. The van der Waals surface area contributed by atoms with Crippen molar-refractivity contribution in [3.05, 3.63) is 77.7 Å². The Labute approximate surface area is 234 Å². The molecule has 0 amide bonds. The van der Waals surface area contributed by atoms with E-state index in [-0.39, 0.29) is 11.4 Å². The summed E-state index contributed by atoms with van der Waals surface area (Å²) in [4.78, 5) is 10.6. The molecule has 0 aliphatic carbocycles. The van der Waals surface area contributed by atoms with Gasteiger partial charge in [-0.3, -0.25) is 0 Å². The number of nitrogen functional groups attached to an aromatic ring is 1. The van der Waals surface area contributed by atoms with E-state index in [9.17, 15) is 0 Å². The van der Waals surface area contributed by atoms with Crippen LogP contribution in [-0.2, 0) is 22.4 Å². The minimum Gasteiger partial charge on any atom is -0.497 e. The average molecular weight is 544 g/mol. The number of aromatic nitrogens is 2. The summed E-state index contributed by atoms with van der Waals surface area (Å²) in [6.45, 7) is 8.55. The van der Waals surface area contributed by atoms with Gasteiger partial charge in [-0.25, -0.2) is 14.4 Å². The Balaban J connectivity index is 1.66. The van der Waals surface area contributed by atoms with E-state index in [4.69, 9.17) is 24.5 Å². The van der Waals surface area contributed by atoms with Crippen LogP contribution in [0.1, 0.15) is 38.8 Å². The Hall–Kier alpha value is -3.89. The monoisotopic (exact) mass is 544 g/mol. The molecule has 5 rings (SSSR count). The van der Waals surface area contributed by atoms with Gasteiger partial charge in [-0.1, -0.05) is 24.3 Å². The van der Waals surface area contributed by atoms with Crippen molar-refractivity contribution in [3.8, 4) is 11.5 Å². The number of nitrogens with two attached hydrogens (primary N) is 1. The van der Waals surface area contributed by atoms with Crippen LogP contribution in [0.2, 0.25) is 0 Å². The second-order valence-electron chi connectivity index (χ2n) is 10.9. The fraction of sp³-hybridized carbons (Fsp3) is 0.333. The lowest BCUT2D eigenvalue weighted by atomic mass is 9.77. The molecular weight excluding hydrogens is 510 g/mol. The third-order valence-corrected chi connectivity index (χ3v) is 7.73. The summed E-state index contributed by atoms with van der Waals surface area (Å²) in [5, 5.41) is 0.536. The average Bonchev–Trinajstić information content (AvgIpc) is 3.15. The van der Waals surface area contributed by atoms with Gasteiger partial charge in [0.25, 0.3) is 0 Å². The number of benzene rings is 3. The summed E-state index contributed by atoms with van der Waals surface area (Å²) in [7, 11) is 2.33. The van der Waals surface area contributed by atoms with Crippen LogP contribution in [0, 0.1) is 5.82 Å². The van der Waals surface area contributed by atoms with Crippen LogP contribution in [0.4, 0.5) is 16.0 Å². The zero-order chi connectivity index (χ0) is 28.7. The quantitative estimate of drug-likeness (QED) is 0.314. The van der Waals surface area contributed by atoms with E-state index in [1.807, 2.05) is 81.1 Å². The molecule has 40 heavy (non-hydrogen) atoms. The van der Waals surface area contributed by atoms with Gasteiger partial charge in [0.2, 0.25) is 5.95 Å². The number of rotatable bonds is 8. The summed E-state index contributed by atoms with van der Waals surface area (Å²) in [6, 6.07) is 17.1. The van der Waals surface area contributed by atoms with Crippen LogP contribution in [-0.4, -0.2) is 42.5 Å². The third kappa shape index (κ3) is 5.29. The van der Waals surface area contributed by atoms with Gasteiger partial charge in [0.15, 0.2) is 0 Å². The topological polar surface area (TPSA) is 92.0 Å². The molecule has 3 aromatic carbocycles. The Bertz CT molecular complexity index is 1450. The normalized spacial score (nSPS) is 15.8. The molecule has 8 nitrogen and oxygen atoms in total. The van der Waals surface area contributed by atoms with Crippen molar-refractivity contribution in [2.24, 2.45) is 0 Å². The molecular formula is C30H34BFN4O4. The fourth-order valence-corrected chi connectivity index (χ4v) is 4.73. The molecule has 208 valence electrons. The Morgan fingerprint density at radius 3 is 1.85 bits per heavy atom. The molecule has 1 fully saturated rings. The highest BCUT2D eigenvalue weighted by Gasteiger charge is 2.53. The van der Waals surface area contributed by atoms with Crippen LogP contribution in [0.3, 0.4) is 0 Å². The van der Waals surface area contributed by atoms with E-state index in [2.05, 4.69) is 9.97 Å². The van der Waals surface area contributed by atoms with E-state index in [0.717, 1.165) is 22.6 Å². The van der Waals surface area contributed by atoms with Gasteiger partial charge in [-0.05, 0) is 69.2 Å². The first kappa shape index (κ1) is 27.7. The number of halogens is 1. The number of hydrogen-bond donors (Lipinski definition) is 1. The summed E-state index contributed by atoms with van der Waals surface area (Å²) in [5.74, 6) is 1.13. The molecule has 0 spiro atoms. The first-order chi connectivity index (χ1) is 19.0. The smallest absolute Gasteiger partial charge is 0.497 e. The van der Waals surface area contributed by atoms with Crippen molar-refractivity contribution in [2.75, 3.05) is 24.9 Å². The van der Waals surface area contributed by atoms with E-state index >= 15 is 4.39 Å². The number of ether oxygens (including phenoxy) is 2. The molecule has 0 bridgehead atoms. The fourth-order valence-electron chi connectivity index (χ4n) is 4.73. The highest BCUT2D eigenvalue weighted by molar-refractivity contribution is 6.62. The van der Waals surface area contributed by atoms with E-state index in [0.29, 0.717) is 29.7 Å². The summed E-state index contributed by atoms with van der Waals surface area (Å²) < 4.78 is 40.0. The van der Waals surface area contributed by atoms with Crippen LogP contribution in [0.25, 0.3) is 10.9 Å². The number of methoxy groups -OCH3 is 2. The number of hydrogen-bond acceptors (Lipinski definition) is 8. The van der Waals surface area contributed by atoms with Crippen molar-refractivity contribution in [1.82, 2.24) is 9.97 Å². The lowest BCUT2D eigenvalue weighted by molar-refractivity contribution is 0.00578. The van der Waals surface area contributed by atoms with Gasteiger partial charge in [-0.2, -0.15) is 0 Å². The Kier molecular flexibility index (Phi) is 7.33. The molecule has 0 saturated carbocycles. The van der Waals surface area contributed by atoms with Gasteiger partial charge in [0.05, 0.1) is 36.6 Å². The second-order valence-corrected chi connectivity index (χ2v) is 10.9.